The first-order valence-corrected chi connectivity index (χ1v) is 5.20. The van der Waals surface area contributed by atoms with Gasteiger partial charge in [0.1, 0.15) is 0 Å². The third-order valence-corrected chi connectivity index (χ3v) is 2.84. The van der Waals surface area contributed by atoms with Crippen LogP contribution in [0.25, 0.3) is 0 Å². The molecule has 0 bridgehead atoms. The lowest BCUT2D eigenvalue weighted by Crippen LogP contribution is -2.32. The average Bonchev–Trinajstić information content (AvgIpc) is 2.17. The zero-order valence-electron chi connectivity index (χ0n) is 8.72. The van der Waals surface area contributed by atoms with Crippen molar-refractivity contribution in [2.45, 2.75) is 26.2 Å². The largest absolute Gasteiger partial charge is 0.481 e. The number of carboxylic acids is 2. The van der Waals surface area contributed by atoms with Gasteiger partial charge in [-0.1, -0.05) is 25.5 Å². The summed E-state index contributed by atoms with van der Waals surface area (Å²) < 4.78 is 0. The number of aliphatic carboxylic acids is 2. The highest BCUT2D eigenvalue weighted by Crippen LogP contribution is 2.31. The van der Waals surface area contributed by atoms with Gasteiger partial charge in [-0.05, 0) is 18.8 Å². The zero-order chi connectivity index (χ0) is 11.4. The Balaban J connectivity index is 2.78. The number of carboxylic acid groups (broad SMARTS) is 2. The maximum Gasteiger partial charge on any atom is 0.311 e. The summed E-state index contributed by atoms with van der Waals surface area (Å²) in [5, 5.41) is 17.8. The molecule has 3 unspecified atom stereocenters. The number of allylic oxidation sites excluding steroid dienone is 1. The minimum atomic E-state index is -1.05. The van der Waals surface area contributed by atoms with Crippen molar-refractivity contribution >= 4 is 11.9 Å². The zero-order valence-corrected chi connectivity index (χ0v) is 8.72. The Morgan fingerprint density at radius 3 is 2.40 bits per heavy atom. The molecule has 0 aromatic rings. The van der Waals surface area contributed by atoms with E-state index in [0.717, 1.165) is 12.8 Å². The maximum absolute atomic E-state index is 10.9. The molecular weight excluding hydrogens is 196 g/mol. The van der Waals surface area contributed by atoms with E-state index < -0.39 is 23.8 Å². The molecule has 4 nitrogen and oxygen atoms in total. The van der Waals surface area contributed by atoms with Crippen molar-refractivity contribution in [3.05, 3.63) is 12.2 Å². The van der Waals surface area contributed by atoms with Crippen molar-refractivity contribution < 1.29 is 19.8 Å². The molecule has 0 saturated heterocycles. The van der Waals surface area contributed by atoms with Crippen LogP contribution in [-0.2, 0) is 9.59 Å². The summed E-state index contributed by atoms with van der Waals surface area (Å²) in [6.45, 7) is 2.03. The van der Waals surface area contributed by atoms with Gasteiger partial charge in [0.05, 0.1) is 11.8 Å². The van der Waals surface area contributed by atoms with Gasteiger partial charge in [-0.15, -0.1) is 0 Å². The Bertz CT molecular complexity index is 282. The Morgan fingerprint density at radius 2 is 1.93 bits per heavy atom. The van der Waals surface area contributed by atoms with Crippen molar-refractivity contribution in [3.63, 3.8) is 0 Å². The monoisotopic (exact) mass is 212 g/mol. The van der Waals surface area contributed by atoms with Gasteiger partial charge in [0.15, 0.2) is 0 Å². The minimum absolute atomic E-state index is 0.215. The predicted molar refractivity (Wildman–Crippen MR) is 54.4 cm³/mol. The third kappa shape index (κ3) is 2.81. The Morgan fingerprint density at radius 1 is 1.27 bits per heavy atom. The number of carbonyl (C=O) groups is 2. The molecule has 0 heterocycles. The Labute approximate surface area is 88.6 Å². The molecule has 1 aliphatic carbocycles. The van der Waals surface area contributed by atoms with E-state index in [1.54, 1.807) is 0 Å². The van der Waals surface area contributed by atoms with E-state index in [0.29, 0.717) is 6.42 Å². The van der Waals surface area contributed by atoms with Crippen molar-refractivity contribution in [2.75, 3.05) is 0 Å². The second-order valence-corrected chi connectivity index (χ2v) is 3.98. The number of hydrogen-bond acceptors (Lipinski definition) is 2. The van der Waals surface area contributed by atoms with Crippen LogP contribution in [0.1, 0.15) is 26.2 Å². The van der Waals surface area contributed by atoms with E-state index in [1.807, 2.05) is 13.0 Å². The van der Waals surface area contributed by atoms with Crippen LogP contribution >= 0.6 is 0 Å². The molecule has 0 fully saturated rings. The maximum atomic E-state index is 10.9. The van der Waals surface area contributed by atoms with Gasteiger partial charge in [0.2, 0.25) is 0 Å². The highest BCUT2D eigenvalue weighted by atomic mass is 16.4. The third-order valence-electron chi connectivity index (χ3n) is 2.84. The van der Waals surface area contributed by atoms with Crippen molar-refractivity contribution in [1.29, 1.82) is 0 Å². The van der Waals surface area contributed by atoms with Crippen molar-refractivity contribution in [1.82, 2.24) is 0 Å². The first-order valence-electron chi connectivity index (χ1n) is 5.20. The summed E-state index contributed by atoms with van der Waals surface area (Å²) in [6.07, 6.45) is 5.73. The van der Waals surface area contributed by atoms with Gasteiger partial charge in [-0.25, -0.2) is 0 Å². The summed E-state index contributed by atoms with van der Waals surface area (Å²) in [5.41, 5.74) is 0. The van der Waals surface area contributed by atoms with Crippen molar-refractivity contribution in [3.8, 4) is 0 Å². The number of rotatable bonds is 4. The van der Waals surface area contributed by atoms with Gasteiger partial charge in [0.25, 0.3) is 0 Å². The molecule has 0 saturated carbocycles. The molecule has 0 aromatic heterocycles. The summed E-state index contributed by atoms with van der Waals surface area (Å²) >= 11 is 0. The summed E-state index contributed by atoms with van der Waals surface area (Å²) in [7, 11) is 0. The average molecular weight is 212 g/mol. The van der Waals surface area contributed by atoms with Gasteiger partial charge < -0.3 is 10.2 Å². The minimum Gasteiger partial charge on any atom is -0.481 e. The van der Waals surface area contributed by atoms with Crippen LogP contribution in [0.2, 0.25) is 0 Å². The van der Waals surface area contributed by atoms with E-state index in [9.17, 15) is 9.59 Å². The SMILES string of the molecule is CCCC1C=CC(C(=O)O)C(C(=O)O)C1. The highest BCUT2D eigenvalue weighted by molar-refractivity contribution is 5.81. The van der Waals surface area contributed by atoms with Crippen LogP contribution < -0.4 is 0 Å². The van der Waals surface area contributed by atoms with Crippen LogP contribution in [0.4, 0.5) is 0 Å². The normalized spacial score (nSPS) is 30.1. The lowest BCUT2D eigenvalue weighted by molar-refractivity contribution is -0.152. The molecule has 3 atom stereocenters. The molecule has 84 valence electrons. The molecule has 1 rings (SSSR count). The van der Waals surface area contributed by atoms with E-state index in [4.69, 9.17) is 10.2 Å². The quantitative estimate of drug-likeness (QED) is 0.696. The molecule has 0 radical (unpaired) electrons. The predicted octanol–water partition coefficient (Wildman–Crippen LogP) is 1.76. The summed E-state index contributed by atoms with van der Waals surface area (Å²) in [4.78, 5) is 21.7. The molecule has 0 aliphatic heterocycles. The molecule has 0 amide bonds. The van der Waals surface area contributed by atoms with E-state index in [1.165, 1.54) is 6.08 Å². The molecule has 0 spiro atoms. The van der Waals surface area contributed by atoms with Crippen LogP contribution in [-0.4, -0.2) is 22.2 Å². The van der Waals surface area contributed by atoms with E-state index >= 15 is 0 Å². The molecular formula is C11H16O4. The Kier molecular flexibility index (Phi) is 3.88. The topological polar surface area (TPSA) is 74.6 Å². The smallest absolute Gasteiger partial charge is 0.311 e. The summed E-state index contributed by atoms with van der Waals surface area (Å²) in [6, 6.07) is 0. The fourth-order valence-electron chi connectivity index (χ4n) is 2.06. The lowest BCUT2D eigenvalue weighted by atomic mass is 9.77. The molecule has 15 heavy (non-hydrogen) atoms. The fourth-order valence-corrected chi connectivity index (χ4v) is 2.06. The fraction of sp³-hybridized carbons (Fsp3) is 0.636. The van der Waals surface area contributed by atoms with Crippen LogP contribution in [0.5, 0.6) is 0 Å². The first kappa shape index (κ1) is 11.8. The van der Waals surface area contributed by atoms with Gasteiger partial charge in [-0.3, -0.25) is 9.59 Å². The molecule has 1 aliphatic rings. The highest BCUT2D eigenvalue weighted by Gasteiger charge is 2.35. The second-order valence-electron chi connectivity index (χ2n) is 3.98. The molecule has 0 aromatic carbocycles. The lowest BCUT2D eigenvalue weighted by Gasteiger charge is -2.26. The van der Waals surface area contributed by atoms with E-state index in [2.05, 4.69) is 0 Å². The summed E-state index contributed by atoms with van der Waals surface area (Å²) in [5.74, 6) is -3.48. The second kappa shape index (κ2) is 4.96. The van der Waals surface area contributed by atoms with Crippen LogP contribution in [0.3, 0.4) is 0 Å². The number of hydrogen-bond donors (Lipinski definition) is 2. The van der Waals surface area contributed by atoms with Gasteiger partial charge >= 0.3 is 11.9 Å². The standard InChI is InChI=1S/C11H16O4/c1-2-3-7-4-5-8(10(12)13)9(6-7)11(14)15/h4-5,7-9H,2-3,6H2,1H3,(H,12,13)(H,14,15). The van der Waals surface area contributed by atoms with Gasteiger partial charge in [0, 0.05) is 0 Å². The van der Waals surface area contributed by atoms with Crippen LogP contribution in [0.15, 0.2) is 12.2 Å². The van der Waals surface area contributed by atoms with Gasteiger partial charge in [-0.2, -0.15) is 0 Å². The molecule has 2 N–H and O–H groups in total. The molecule has 4 heteroatoms. The van der Waals surface area contributed by atoms with Crippen molar-refractivity contribution in [2.24, 2.45) is 17.8 Å². The Hall–Kier alpha value is -1.32. The van der Waals surface area contributed by atoms with Crippen LogP contribution in [0, 0.1) is 17.8 Å². The van der Waals surface area contributed by atoms with E-state index in [-0.39, 0.29) is 5.92 Å². The first-order chi connectivity index (χ1) is 7.06.